The molecule has 170 valence electrons. The number of aliphatic imine (C=N–C) groups is 1. The summed E-state index contributed by atoms with van der Waals surface area (Å²) in [5, 5.41) is 7.75. The highest BCUT2D eigenvalue weighted by atomic mass is 16.5. The Morgan fingerprint density at radius 1 is 0.882 bits per heavy atom. The number of rotatable bonds is 5. The molecule has 0 saturated carbocycles. The lowest BCUT2D eigenvalue weighted by molar-refractivity contribution is 0.0780. The van der Waals surface area contributed by atoms with Gasteiger partial charge in [-0.3, -0.25) is 4.99 Å². The molecule has 34 heavy (non-hydrogen) atoms. The third-order valence-corrected chi connectivity index (χ3v) is 7.50. The molecule has 4 aromatic rings. The van der Waals surface area contributed by atoms with Crippen molar-refractivity contribution < 1.29 is 4.74 Å². The second kappa shape index (κ2) is 7.66. The normalized spacial score (nSPS) is 19.9. The highest BCUT2D eigenvalue weighted by Crippen LogP contribution is 2.56. The van der Waals surface area contributed by atoms with E-state index in [0.717, 1.165) is 41.6 Å². The molecule has 0 amide bonds. The fourth-order valence-corrected chi connectivity index (χ4v) is 5.78. The number of anilines is 1. The topological polar surface area (TPSA) is 54.3 Å². The summed E-state index contributed by atoms with van der Waals surface area (Å²) in [6.07, 6.45) is 3.60. The van der Waals surface area contributed by atoms with Crippen LogP contribution in [0.15, 0.2) is 83.0 Å². The molecule has 2 aliphatic rings. The molecular weight excluding hydrogens is 422 g/mol. The van der Waals surface area contributed by atoms with Gasteiger partial charge in [0.25, 0.3) is 0 Å². The van der Waals surface area contributed by atoms with E-state index in [1.807, 2.05) is 24.4 Å². The Kier molecular flexibility index (Phi) is 4.70. The zero-order chi connectivity index (χ0) is 23.3. The first-order chi connectivity index (χ1) is 16.6. The molecule has 1 atom stereocenters. The summed E-state index contributed by atoms with van der Waals surface area (Å²) < 4.78 is 7.00. The van der Waals surface area contributed by atoms with E-state index < -0.39 is 5.72 Å². The van der Waals surface area contributed by atoms with Crippen LogP contribution in [0.5, 0.6) is 5.75 Å². The summed E-state index contributed by atoms with van der Waals surface area (Å²) in [5.41, 5.74) is 2.17. The van der Waals surface area contributed by atoms with Crippen molar-refractivity contribution in [2.45, 2.75) is 37.8 Å². The fourth-order valence-electron chi connectivity index (χ4n) is 5.78. The first-order valence-electron chi connectivity index (χ1n) is 11.9. The highest BCUT2D eigenvalue weighted by Gasteiger charge is 2.60. The molecule has 5 nitrogen and oxygen atoms in total. The number of hydrogen-bond acceptors (Lipinski definition) is 5. The zero-order valence-corrected chi connectivity index (χ0v) is 19.5. The van der Waals surface area contributed by atoms with Gasteiger partial charge in [0, 0.05) is 17.6 Å². The molecule has 2 heterocycles. The minimum Gasteiger partial charge on any atom is -0.459 e. The standard InChI is InChI=1S/C29H27N3O2/c1-28(2)26-22-11-5-3-9-20(22)13-15-24(26)32(18-8-7-17-31-33)29(28)19-30-27-23-12-6-4-10-21(23)14-16-25(27)34-29/h3-6,9-16,19H,7-8,17-18H2,1-2H3. The maximum Gasteiger partial charge on any atom is 0.228 e. The van der Waals surface area contributed by atoms with Gasteiger partial charge in [0.2, 0.25) is 5.72 Å². The van der Waals surface area contributed by atoms with Crippen molar-refractivity contribution in [3.05, 3.63) is 83.3 Å². The molecule has 1 unspecified atom stereocenters. The lowest BCUT2D eigenvalue weighted by Crippen LogP contribution is -2.62. The molecule has 4 aromatic carbocycles. The average molecular weight is 450 g/mol. The first kappa shape index (κ1) is 20.8. The van der Waals surface area contributed by atoms with Crippen molar-refractivity contribution in [1.82, 2.24) is 0 Å². The largest absolute Gasteiger partial charge is 0.459 e. The van der Waals surface area contributed by atoms with Gasteiger partial charge in [-0.15, -0.1) is 0 Å². The average Bonchev–Trinajstić information content (AvgIpc) is 3.04. The van der Waals surface area contributed by atoms with Crippen molar-refractivity contribution in [1.29, 1.82) is 0 Å². The number of nitroso groups, excluding NO2 is 1. The molecule has 0 bridgehead atoms. The summed E-state index contributed by atoms with van der Waals surface area (Å²) in [6.45, 7) is 5.59. The molecule has 6 rings (SSSR count). The smallest absolute Gasteiger partial charge is 0.228 e. The number of ether oxygens (including phenoxy) is 1. The van der Waals surface area contributed by atoms with E-state index >= 15 is 0 Å². The number of nitrogens with zero attached hydrogens (tertiary/aromatic N) is 3. The maximum atomic E-state index is 10.7. The molecule has 0 fully saturated rings. The Morgan fingerprint density at radius 3 is 2.38 bits per heavy atom. The van der Waals surface area contributed by atoms with E-state index in [9.17, 15) is 4.91 Å². The summed E-state index contributed by atoms with van der Waals surface area (Å²) in [7, 11) is 0. The predicted molar refractivity (Wildman–Crippen MR) is 140 cm³/mol. The molecule has 1 spiro atoms. The number of hydrogen-bond donors (Lipinski definition) is 0. The molecule has 0 aliphatic carbocycles. The Bertz CT molecular complexity index is 1460. The monoisotopic (exact) mass is 449 g/mol. The first-order valence-corrected chi connectivity index (χ1v) is 11.9. The molecule has 2 aliphatic heterocycles. The third-order valence-electron chi connectivity index (χ3n) is 7.50. The second-order valence-corrected chi connectivity index (χ2v) is 9.71. The van der Waals surface area contributed by atoms with Crippen LogP contribution < -0.4 is 9.64 Å². The summed E-state index contributed by atoms with van der Waals surface area (Å²) in [6, 6.07) is 25.4. The van der Waals surface area contributed by atoms with Crippen LogP contribution >= 0.6 is 0 Å². The quantitative estimate of drug-likeness (QED) is 0.241. The SMILES string of the molecule is CC1(C)c2c(ccc3ccccc23)N(CCCCN=O)C12C=Nc1c(ccc3ccccc13)O2. The summed E-state index contributed by atoms with van der Waals surface area (Å²) in [4.78, 5) is 18.1. The van der Waals surface area contributed by atoms with Gasteiger partial charge >= 0.3 is 0 Å². The zero-order valence-electron chi connectivity index (χ0n) is 19.5. The molecular formula is C29H27N3O2. The van der Waals surface area contributed by atoms with Gasteiger partial charge in [0.05, 0.1) is 18.2 Å². The molecule has 0 N–H and O–H groups in total. The number of unbranched alkanes of at least 4 members (excludes halogenated alkanes) is 1. The Balaban J connectivity index is 1.53. The van der Waals surface area contributed by atoms with Crippen molar-refractivity contribution in [3.8, 4) is 5.75 Å². The van der Waals surface area contributed by atoms with Gasteiger partial charge in [0.1, 0.15) is 11.4 Å². The molecule has 0 saturated heterocycles. The van der Waals surface area contributed by atoms with Crippen molar-refractivity contribution in [2.24, 2.45) is 10.2 Å². The van der Waals surface area contributed by atoms with Gasteiger partial charge in [-0.1, -0.05) is 65.8 Å². The van der Waals surface area contributed by atoms with E-state index in [1.54, 1.807) is 0 Å². The van der Waals surface area contributed by atoms with Crippen LogP contribution in [0.4, 0.5) is 11.4 Å². The van der Waals surface area contributed by atoms with Crippen LogP contribution in [0.25, 0.3) is 21.5 Å². The van der Waals surface area contributed by atoms with E-state index in [0.29, 0.717) is 6.54 Å². The van der Waals surface area contributed by atoms with E-state index in [1.165, 1.54) is 22.0 Å². The van der Waals surface area contributed by atoms with Crippen LogP contribution in [0.1, 0.15) is 32.3 Å². The van der Waals surface area contributed by atoms with Gasteiger partial charge in [-0.25, -0.2) is 0 Å². The van der Waals surface area contributed by atoms with E-state index in [4.69, 9.17) is 9.73 Å². The highest BCUT2D eigenvalue weighted by molar-refractivity contribution is 6.02. The lowest BCUT2D eigenvalue weighted by atomic mass is 9.75. The van der Waals surface area contributed by atoms with Gasteiger partial charge in [-0.05, 0) is 60.5 Å². The summed E-state index contributed by atoms with van der Waals surface area (Å²) >= 11 is 0. The predicted octanol–water partition coefficient (Wildman–Crippen LogP) is 7.13. The van der Waals surface area contributed by atoms with Crippen LogP contribution in [0, 0.1) is 4.91 Å². The Hall–Kier alpha value is -3.73. The van der Waals surface area contributed by atoms with Crippen molar-refractivity contribution >= 4 is 39.1 Å². The number of fused-ring (bicyclic) bond motifs is 6. The lowest BCUT2D eigenvalue weighted by Gasteiger charge is -2.46. The van der Waals surface area contributed by atoms with Crippen LogP contribution in [0.3, 0.4) is 0 Å². The number of benzene rings is 4. The summed E-state index contributed by atoms with van der Waals surface area (Å²) in [5.74, 6) is 0.797. The minimum absolute atomic E-state index is 0.332. The van der Waals surface area contributed by atoms with Gasteiger partial charge in [-0.2, -0.15) is 4.91 Å². The molecule has 0 aromatic heterocycles. The third kappa shape index (κ3) is 2.82. The van der Waals surface area contributed by atoms with Crippen LogP contribution in [0.2, 0.25) is 0 Å². The molecule has 0 radical (unpaired) electrons. The van der Waals surface area contributed by atoms with Crippen molar-refractivity contribution in [3.63, 3.8) is 0 Å². The van der Waals surface area contributed by atoms with Crippen LogP contribution in [-0.2, 0) is 5.41 Å². The van der Waals surface area contributed by atoms with E-state index in [2.05, 4.69) is 78.5 Å². The van der Waals surface area contributed by atoms with Gasteiger partial charge in [0.15, 0.2) is 0 Å². The Labute approximate surface area is 199 Å². The van der Waals surface area contributed by atoms with Crippen molar-refractivity contribution in [2.75, 3.05) is 18.0 Å². The van der Waals surface area contributed by atoms with Crippen LogP contribution in [-0.4, -0.2) is 25.0 Å². The maximum absolute atomic E-state index is 10.7. The van der Waals surface area contributed by atoms with E-state index in [-0.39, 0.29) is 5.41 Å². The van der Waals surface area contributed by atoms with Gasteiger partial charge < -0.3 is 9.64 Å². The molecule has 5 heteroatoms. The Morgan fingerprint density at radius 2 is 1.59 bits per heavy atom. The minimum atomic E-state index is -0.774. The second-order valence-electron chi connectivity index (χ2n) is 9.71. The fraction of sp³-hybridized carbons (Fsp3) is 0.276.